The van der Waals surface area contributed by atoms with Gasteiger partial charge in [-0.05, 0) is 17.7 Å². The normalized spacial score (nSPS) is 10.4. The quantitative estimate of drug-likeness (QED) is 0.803. The molecule has 7 heteroatoms. The van der Waals surface area contributed by atoms with E-state index in [1.165, 1.54) is 18.6 Å². The fourth-order valence-electron chi connectivity index (χ4n) is 1.97. The number of amides is 1. The number of carbonyl (C=O) groups excluding carboxylic acids is 1. The summed E-state index contributed by atoms with van der Waals surface area (Å²) in [6.45, 7) is 0.504. The van der Waals surface area contributed by atoms with E-state index < -0.39 is 0 Å². The van der Waals surface area contributed by atoms with Gasteiger partial charge in [0.05, 0.1) is 18.9 Å². The molecule has 0 unspecified atom stereocenters. The fraction of sp³-hybridized carbons (Fsp3) is 0.0667. The summed E-state index contributed by atoms with van der Waals surface area (Å²) in [6.07, 6.45) is 6.02. The number of aromatic nitrogens is 4. The Hall–Kier alpha value is -2.73. The van der Waals surface area contributed by atoms with Crippen LogP contribution in [-0.4, -0.2) is 25.7 Å². The van der Waals surface area contributed by atoms with E-state index in [-0.39, 0.29) is 11.6 Å². The van der Waals surface area contributed by atoms with Crippen LogP contribution in [0.3, 0.4) is 0 Å². The van der Waals surface area contributed by atoms with Gasteiger partial charge < -0.3 is 5.32 Å². The number of anilines is 1. The molecule has 22 heavy (non-hydrogen) atoms. The standard InChI is InChI=1S/C15H12ClN5O/c16-12-3-1-2-11(8-12)10-21-14(4-5-19-21)20-15(22)13-9-17-6-7-18-13/h1-9H,10H2,(H,20,22). The van der Waals surface area contributed by atoms with Gasteiger partial charge in [-0.15, -0.1) is 0 Å². The minimum atomic E-state index is -0.332. The third-order valence-corrected chi connectivity index (χ3v) is 3.21. The summed E-state index contributed by atoms with van der Waals surface area (Å²) in [5.74, 6) is 0.247. The van der Waals surface area contributed by atoms with Gasteiger partial charge in [0.2, 0.25) is 0 Å². The van der Waals surface area contributed by atoms with Crippen LogP contribution in [0.5, 0.6) is 0 Å². The fourth-order valence-corrected chi connectivity index (χ4v) is 2.18. The van der Waals surface area contributed by atoms with Gasteiger partial charge in [0.25, 0.3) is 5.91 Å². The molecular formula is C15H12ClN5O. The zero-order valence-corrected chi connectivity index (χ0v) is 12.2. The highest BCUT2D eigenvalue weighted by Gasteiger charge is 2.11. The van der Waals surface area contributed by atoms with E-state index in [0.717, 1.165) is 5.56 Å². The van der Waals surface area contributed by atoms with Crippen LogP contribution >= 0.6 is 11.6 Å². The van der Waals surface area contributed by atoms with Crippen LogP contribution in [0.25, 0.3) is 0 Å². The summed E-state index contributed by atoms with van der Waals surface area (Å²) in [4.78, 5) is 19.9. The highest BCUT2D eigenvalue weighted by Crippen LogP contribution is 2.14. The average Bonchev–Trinajstić information content (AvgIpc) is 2.95. The van der Waals surface area contributed by atoms with Crippen LogP contribution < -0.4 is 5.32 Å². The summed E-state index contributed by atoms with van der Waals surface area (Å²) in [6, 6.07) is 9.21. The van der Waals surface area contributed by atoms with Crippen molar-refractivity contribution in [1.82, 2.24) is 19.7 Å². The molecule has 0 fully saturated rings. The maximum absolute atomic E-state index is 12.1. The molecule has 0 aliphatic rings. The van der Waals surface area contributed by atoms with Gasteiger partial charge >= 0.3 is 0 Å². The Morgan fingerprint density at radius 2 is 2.14 bits per heavy atom. The minimum absolute atomic E-state index is 0.248. The molecule has 0 atom stereocenters. The van der Waals surface area contributed by atoms with Crippen molar-refractivity contribution in [2.24, 2.45) is 0 Å². The second-order valence-corrected chi connectivity index (χ2v) is 4.99. The predicted octanol–water partition coefficient (Wildman–Crippen LogP) is 2.63. The first-order valence-corrected chi connectivity index (χ1v) is 6.94. The first-order chi connectivity index (χ1) is 10.7. The van der Waals surface area contributed by atoms with Crippen LogP contribution in [-0.2, 0) is 6.54 Å². The summed E-state index contributed by atoms with van der Waals surface area (Å²) in [5, 5.41) is 7.64. The molecule has 0 saturated heterocycles. The lowest BCUT2D eigenvalue weighted by Crippen LogP contribution is -2.17. The highest BCUT2D eigenvalue weighted by atomic mass is 35.5. The van der Waals surface area contributed by atoms with Crippen LogP contribution in [0, 0.1) is 0 Å². The molecule has 6 nitrogen and oxygen atoms in total. The Bertz CT molecular complexity index is 787. The first-order valence-electron chi connectivity index (χ1n) is 6.56. The second-order valence-electron chi connectivity index (χ2n) is 4.55. The zero-order valence-electron chi connectivity index (χ0n) is 11.5. The van der Waals surface area contributed by atoms with Gasteiger partial charge in [-0.3, -0.25) is 9.78 Å². The largest absolute Gasteiger partial charge is 0.305 e. The SMILES string of the molecule is O=C(Nc1ccnn1Cc1cccc(Cl)c1)c1cnccn1. The Morgan fingerprint density at radius 3 is 2.91 bits per heavy atom. The molecule has 0 bridgehead atoms. The molecule has 0 saturated carbocycles. The number of hydrogen-bond acceptors (Lipinski definition) is 4. The number of carbonyl (C=O) groups is 1. The molecule has 2 heterocycles. The molecule has 0 radical (unpaired) electrons. The molecule has 0 aliphatic carbocycles. The average molecular weight is 314 g/mol. The van der Waals surface area contributed by atoms with Crippen LogP contribution in [0.4, 0.5) is 5.82 Å². The molecule has 0 aliphatic heterocycles. The van der Waals surface area contributed by atoms with E-state index in [9.17, 15) is 4.79 Å². The number of halogens is 1. The maximum Gasteiger partial charge on any atom is 0.277 e. The van der Waals surface area contributed by atoms with Crippen LogP contribution in [0.1, 0.15) is 16.1 Å². The molecular weight excluding hydrogens is 302 g/mol. The number of nitrogens with one attached hydrogen (secondary N) is 1. The second kappa shape index (κ2) is 6.36. The number of hydrogen-bond donors (Lipinski definition) is 1. The van der Waals surface area contributed by atoms with Gasteiger partial charge in [-0.1, -0.05) is 23.7 Å². The van der Waals surface area contributed by atoms with Crippen molar-refractivity contribution in [2.45, 2.75) is 6.54 Å². The van der Waals surface area contributed by atoms with Crippen LogP contribution in [0.2, 0.25) is 5.02 Å². The van der Waals surface area contributed by atoms with Crippen molar-refractivity contribution < 1.29 is 4.79 Å². The van der Waals surface area contributed by atoms with E-state index in [4.69, 9.17) is 11.6 Å². The third kappa shape index (κ3) is 3.29. The van der Waals surface area contributed by atoms with Crippen molar-refractivity contribution in [3.63, 3.8) is 0 Å². The van der Waals surface area contributed by atoms with Gasteiger partial charge in [-0.25, -0.2) is 9.67 Å². The Balaban J connectivity index is 1.76. The number of benzene rings is 1. The topological polar surface area (TPSA) is 72.7 Å². The summed E-state index contributed by atoms with van der Waals surface area (Å²) < 4.78 is 1.68. The third-order valence-electron chi connectivity index (χ3n) is 2.98. The van der Waals surface area contributed by atoms with Crippen molar-refractivity contribution in [2.75, 3.05) is 5.32 Å². The lowest BCUT2D eigenvalue weighted by atomic mass is 10.2. The van der Waals surface area contributed by atoms with Gasteiger partial charge in [0.15, 0.2) is 0 Å². The lowest BCUT2D eigenvalue weighted by molar-refractivity contribution is 0.102. The summed E-state index contributed by atoms with van der Waals surface area (Å²) >= 11 is 5.97. The Kier molecular flexibility index (Phi) is 4.11. The monoisotopic (exact) mass is 313 g/mol. The molecule has 3 rings (SSSR count). The van der Waals surface area contributed by atoms with Crippen molar-refractivity contribution in [3.05, 3.63) is 71.4 Å². The molecule has 1 N–H and O–H groups in total. The number of nitrogens with zero attached hydrogens (tertiary/aromatic N) is 4. The van der Waals surface area contributed by atoms with E-state index in [2.05, 4.69) is 20.4 Å². The van der Waals surface area contributed by atoms with E-state index in [1.807, 2.05) is 24.3 Å². The van der Waals surface area contributed by atoms with Gasteiger partial charge in [0, 0.05) is 23.5 Å². The minimum Gasteiger partial charge on any atom is -0.305 e. The molecule has 3 aromatic rings. The van der Waals surface area contributed by atoms with Gasteiger partial charge in [0.1, 0.15) is 11.5 Å². The van der Waals surface area contributed by atoms with Gasteiger partial charge in [-0.2, -0.15) is 5.10 Å². The molecule has 1 aromatic carbocycles. The Labute approximate surface area is 131 Å². The smallest absolute Gasteiger partial charge is 0.277 e. The molecule has 1 amide bonds. The molecule has 110 valence electrons. The van der Waals surface area contributed by atoms with Crippen molar-refractivity contribution in [3.8, 4) is 0 Å². The number of rotatable bonds is 4. The maximum atomic E-state index is 12.1. The lowest BCUT2D eigenvalue weighted by Gasteiger charge is -2.09. The zero-order chi connectivity index (χ0) is 15.4. The van der Waals surface area contributed by atoms with E-state index >= 15 is 0 Å². The van der Waals surface area contributed by atoms with Crippen LogP contribution in [0.15, 0.2) is 55.1 Å². The molecule has 2 aromatic heterocycles. The van der Waals surface area contributed by atoms with E-state index in [1.54, 1.807) is 16.9 Å². The first kappa shape index (κ1) is 14.2. The van der Waals surface area contributed by atoms with E-state index in [0.29, 0.717) is 17.4 Å². The molecule has 0 spiro atoms. The van der Waals surface area contributed by atoms with Crippen molar-refractivity contribution >= 4 is 23.3 Å². The highest BCUT2D eigenvalue weighted by molar-refractivity contribution is 6.30. The predicted molar refractivity (Wildman–Crippen MR) is 82.8 cm³/mol. The van der Waals surface area contributed by atoms with Crippen molar-refractivity contribution in [1.29, 1.82) is 0 Å². The summed E-state index contributed by atoms with van der Waals surface area (Å²) in [5.41, 5.74) is 1.24. The Morgan fingerprint density at radius 1 is 1.23 bits per heavy atom. The summed E-state index contributed by atoms with van der Waals surface area (Å²) in [7, 11) is 0.